The highest BCUT2D eigenvalue weighted by atomic mass is 16.6. The highest BCUT2D eigenvalue weighted by Gasteiger charge is 2.63. The van der Waals surface area contributed by atoms with Crippen molar-refractivity contribution in [1.29, 1.82) is 0 Å². The van der Waals surface area contributed by atoms with Crippen LogP contribution >= 0.6 is 0 Å². The number of nitrogens with zero attached hydrogens (tertiary/aromatic N) is 2. The fourth-order valence-electron chi connectivity index (χ4n) is 3.44. The molecule has 0 radical (unpaired) electrons. The Kier molecular flexibility index (Phi) is 4.81. The maximum atomic E-state index is 12.3. The Hall–Kier alpha value is -1.60. The van der Waals surface area contributed by atoms with Crippen molar-refractivity contribution < 1.29 is 35.0 Å². The average Bonchev–Trinajstić information content (AvgIpc) is 3.07. The van der Waals surface area contributed by atoms with Crippen LogP contribution < -0.4 is 11.4 Å². The SMILES string of the molecule is Nc1ccn([C@]2(C3C[C@H](O)[C@@H](CO)O3)O[C@H](CO)[C@@H](O)[C@H]2O)c(=O)n1. The molecule has 3 heterocycles. The number of nitrogen functional groups attached to an aromatic ring is 1. The summed E-state index contributed by atoms with van der Waals surface area (Å²) in [6.45, 7) is -1.10. The molecule has 140 valence electrons. The molecule has 0 bridgehead atoms. The zero-order chi connectivity index (χ0) is 18.4. The second-order valence-electron chi connectivity index (χ2n) is 6.18. The summed E-state index contributed by atoms with van der Waals surface area (Å²) in [6.07, 6.45) is -6.32. The van der Waals surface area contributed by atoms with E-state index in [-0.39, 0.29) is 12.2 Å². The van der Waals surface area contributed by atoms with Gasteiger partial charge in [-0.05, 0) is 6.07 Å². The monoisotopic (exact) mass is 359 g/mol. The predicted octanol–water partition coefficient (Wildman–Crippen LogP) is -3.90. The van der Waals surface area contributed by atoms with Gasteiger partial charge in [-0.3, -0.25) is 4.57 Å². The molecule has 11 nitrogen and oxygen atoms in total. The standard InChI is InChI=1S/C14H21N3O8/c15-10-1-2-17(13(23)16-10)14(9-3-6(20)7(4-18)24-9)12(22)11(21)8(5-19)25-14/h1-2,6-9,11-12,18-22H,3-5H2,(H2,15,16,23)/t6-,7+,8+,9?,11+,12+,14+/m0/s1. The van der Waals surface area contributed by atoms with Gasteiger partial charge in [-0.25, -0.2) is 4.79 Å². The summed E-state index contributed by atoms with van der Waals surface area (Å²) in [5.74, 6) is -0.0521. The Balaban J connectivity index is 2.11. The third-order valence-corrected chi connectivity index (χ3v) is 4.72. The molecule has 2 saturated heterocycles. The molecular weight excluding hydrogens is 338 g/mol. The second-order valence-corrected chi connectivity index (χ2v) is 6.18. The normalized spacial score (nSPS) is 41.3. The van der Waals surface area contributed by atoms with Crippen molar-refractivity contribution in [2.45, 2.75) is 48.8 Å². The lowest BCUT2D eigenvalue weighted by atomic mass is 9.94. The number of ether oxygens (including phenoxy) is 2. The highest BCUT2D eigenvalue weighted by molar-refractivity contribution is 5.24. The summed E-state index contributed by atoms with van der Waals surface area (Å²) in [5, 5.41) is 49.5. The molecule has 2 aliphatic heterocycles. The van der Waals surface area contributed by atoms with Crippen LogP contribution in [-0.4, -0.2) is 84.9 Å². The van der Waals surface area contributed by atoms with Crippen LogP contribution in [-0.2, 0) is 15.2 Å². The average molecular weight is 359 g/mol. The molecule has 2 aliphatic rings. The molecule has 7 atom stereocenters. The Bertz CT molecular complexity index is 684. The van der Waals surface area contributed by atoms with Crippen LogP contribution in [0.5, 0.6) is 0 Å². The minimum Gasteiger partial charge on any atom is -0.394 e. The van der Waals surface area contributed by atoms with Crippen LogP contribution in [0.1, 0.15) is 6.42 Å². The summed E-state index contributed by atoms with van der Waals surface area (Å²) in [7, 11) is 0. The van der Waals surface area contributed by atoms with Crippen LogP contribution in [0.4, 0.5) is 5.82 Å². The van der Waals surface area contributed by atoms with Crippen molar-refractivity contribution in [3.8, 4) is 0 Å². The van der Waals surface area contributed by atoms with Gasteiger partial charge in [0.15, 0.2) is 0 Å². The van der Waals surface area contributed by atoms with Gasteiger partial charge in [-0.15, -0.1) is 0 Å². The first-order chi connectivity index (χ1) is 11.8. The third-order valence-electron chi connectivity index (χ3n) is 4.72. The lowest BCUT2D eigenvalue weighted by Gasteiger charge is -2.38. The van der Waals surface area contributed by atoms with E-state index in [0.717, 1.165) is 4.57 Å². The molecule has 3 rings (SSSR count). The van der Waals surface area contributed by atoms with Gasteiger partial charge < -0.3 is 40.7 Å². The van der Waals surface area contributed by atoms with E-state index in [1.165, 1.54) is 12.3 Å². The van der Waals surface area contributed by atoms with E-state index in [1.54, 1.807) is 0 Å². The number of hydrogen-bond acceptors (Lipinski definition) is 10. The summed E-state index contributed by atoms with van der Waals surface area (Å²) >= 11 is 0. The zero-order valence-corrected chi connectivity index (χ0v) is 13.2. The molecular formula is C14H21N3O8. The van der Waals surface area contributed by atoms with Gasteiger partial charge in [-0.1, -0.05) is 0 Å². The molecule has 25 heavy (non-hydrogen) atoms. The lowest BCUT2D eigenvalue weighted by Crippen LogP contribution is -2.58. The van der Waals surface area contributed by atoms with Gasteiger partial charge in [0.25, 0.3) is 0 Å². The number of aliphatic hydroxyl groups is 5. The fraction of sp³-hybridized carbons (Fsp3) is 0.714. The van der Waals surface area contributed by atoms with Gasteiger partial charge in [0, 0.05) is 12.6 Å². The first-order valence-electron chi connectivity index (χ1n) is 7.80. The van der Waals surface area contributed by atoms with Crippen LogP contribution in [0.15, 0.2) is 17.1 Å². The molecule has 1 aromatic rings. The predicted molar refractivity (Wildman–Crippen MR) is 81.2 cm³/mol. The van der Waals surface area contributed by atoms with Gasteiger partial charge in [-0.2, -0.15) is 4.98 Å². The Morgan fingerprint density at radius 3 is 2.48 bits per heavy atom. The first kappa shape index (κ1) is 18.2. The molecule has 0 aromatic carbocycles. The van der Waals surface area contributed by atoms with E-state index >= 15 is 0 Å². The topological polar surface area (TPSA) is 181 Å². The summed E-state index contributed by atoms with van der Waals surface area (Å²) in [6, 6.07) is 1.30. The molecule has 11 heteroatoms. The van der Waals surface area contributed by atoms with E-state index in [0.29, 0.717) is 0 Å². The number of nitrogens with two attached hydrogens (primary N) is 1. The van der Waals surface area contributed by atoms with E-state index in [2.05, 4.69) is 4.98 Å². The van der Waals surface area contributed by atoms with Crippen molar-refractivity contribution in [2.75, 3.05) is 18.9 Å². The number of hydrogen-bond donors (Lipinski definition) is 6. The minimum atomic E-state index is -1.95. The van der Waals surface area contributed by atoms with Crippen LogP contribution in [0.3, 0.4) is 0 Å². The van der Waals surface area contributed by atoms with E-state index in [4.69, 9.17) is 15.2 Å². The second kappa shape index (κ2) is 6.61. The summed E-state index contributed by atoms with van der Waals surface area (Å²) in [4.78, 5) is 15.9. The Morgan fingerprint density at radius 2 is 1.96 bits per heavy atom. The molecule has 2 fully saturated rings. The molecule has 7 N–H and O–H groups in total. The van der Waals surface area contributed by atoms with Crippen molar-refractivity contribution in [3.05, 3.63) is 22.7 Å². The Morgan fingerprint density at radius 1 is 1.28 bits per heavy atom. The maximum Gasteiger partial charge on any atom is 0.352 e. The highest BCUT2D eigenvalue weighted by Crippen LogP contribution is 2.43. The number of anilines is 1. The van der Waals surface area contributed by atoms with Crippen molar-refractivity contribution >= 4 is 5.82 Å². The van der Waals surface area contributed by atoms with E-state index in [1.807, 2.05) is 0 Å². The lowest BCUT2D eigenvalue weighted by molar-refractivity contribution is -0.221. The molecule has 1 aromatic heterocycles. The maximum absolute atomic E-state index is 12.3. The van der Waals surface area contributed by atoms with Crippen molar-refractivity contribution in [3.63, 3.8) is 0 Å². The van der Waals surface area contributed by atoms with Gasteiger partial charge in [0.05, 0.1) is 19.3 Å². The van der Waals surface area contributed by atoms with Gasteiger partial charge in [0.1, 0.15) is 36.3 Å². The zero-order valence-electron chi connectivity index (χ0n) is 13.2. The van der Waals surface area contributed by atoms with Crippen LogP contribution in [0.25, 0.3) is 0 Å². The van der Waals surface area contributed by atoms with Crippen LogP contribution in [0, 0.1) is 0 Å². The number of aromatic nitrogens is 2. The van der Waals surface area contributed by atoms with E-state index < -0.39 is 61.3 Å². The van der Waals surface area contributed by atoms with Crippen LogP contribution in [0.2, 0.25) is 0 Å². The van der Waals surface area contributed by atoms with Crippen molar-refractivity contribution in [1.82, 2.24) is 9.55 Å². The Labute approximate surface area is 141 Å². The smallest absolute Gasteiger partial charge is 0.352 e. The summed E-state index contributed by atoms with van der Waals surface area (Å²) < 4.78 is 12.2. The number of aliphatic hydroxyl groups excluding tert-OH is 5. The minimum absolute atomic E-state index is 0.0521. The number of rotatable bonds is 4. The first-order valence-corrected chi connectivity index (χ1v) is 7.80. The van der Waals surface area contributed by atoms with E-state index in [9.17, 15) is 30.3 Å². The largest absolute Gasteiger partial charge is 0.394 e. The fourth-order valence-corrected chi connectivity index (χ4v) is 3.44. The molecule has 0 amide bonds. The van der Waals surface area contributed by atoms with Crippen molar-refractivity contribution in [2.24, 2.45) is 0 Å². The molecule has 1 unspecified atom stereocenters. The van der Waals surface area contributed by atoms with Gasteiger partial charge in [0.2, 0.25) is 5.72 Å². The quantitative estimate of drug-likeness (QED) is 0.311. The summed E-state index contributed by atoms with van der Waals surface area (Å²) in [5.41, 5.74) is 2.67. The van der Waals surface area contributed by atoms with Gasteiger partial charge >= 0.3 is 5.69 Å². The molecule has 0 saturated carbocycles. The third kappa shape index (κ3) is 2.73. The molecule has 0 aliphatic carbocycles. The molecule has 0 spiro atoms.